The Morgan fingerprint density at radius 3 is 2.27 bits per heavy atom. The number of phenols is 1. The second kappa shape index (κ2) is 12.8. The second-order valence-corrected chi connectivity index (χ2v) is 8.17. The summed E-state index contributed by atoms with van der Waals surface area (Å²) in [6.45, 7) is 9.53. The monoisotopic (exact) mass is 566 g/mol. The van der Waals surface area contributed by atoms with Gasteiger partial charge in [-0.3, -0.25) is 9.89 Å². The molecule has 0 aliphatic carbocycles. The Morgan fingerprint density at radius 2 is 1.61 bits per heavy atom. The summed E-state index contributed by atoms with van der Waals surface area (Å²) in [5, 5.41) is 13.6. The van der Waals surface area contributed by atoms with Crippen LogP contribution in [-0.4, -0.2) is 103 Å². The lowest BCUT2D eigenvalue weighted by molar-refractivity contribution is 0.253. The van der Waals surface area contributed by atoms with Crippen LogP contribution in [0, 0.1) is 0 Å². The van der Waals surface area contributed by atoms with Crippen molar-refractivity contribution in [3.63, 3.8) is 0 Å². The number of guanidine groups is 1. The largest absolute Gasteiger partial charge is 0.506 e. The molecule has 0 atom stereocenters. The number of aromatic nitrogens is 2. The Balaban J connectivity index is 0.00000306. The summed E-state index contributed by atoms with van der Waals surface area (Å²) in [5.74, 6) is 2.15. The molecular formula is C23H35IN8O. The van der Waals surface area contributed by atoms with Gasteiger partial charge in [0.15, 0.2) is 5.96 Å². The number of nitrogens with one attached hydrogen (secondary N) is 1. The lowest BCUT2D eigenvalue weighted by Gasteiger charge is -2.38. The zero-order chi connectivity index (χ0) is 22.2. The molecule has 2 fully saturated rings. The van der Waals surface area contributed by atoms with E-state index >= 15 is 0 Å². The lowest BCUT2D eigenvalue weighted by atomic mass is 10.2. The Labute approximate surface area is 213 Å². The van der Waals surface area contributed by atoms with Gasteiger partial charge in [0.2, 0.25) is 5.95 Å². The molecule has 0 saturated carbocycles. The molecule has 0 bridgehead atoms. The van der Waals surface area contributed by atoms with Gasteiger partial charge in [-0.2, -0.15) is 0 Å². The number of aromatic hydroxyl groups is 1. The summed E-state index contributed by atoms with van der Waals surface area (Å²) >= 11 is 0. The molecule has 0 unspecified atom stereocenters. The van der Waals surface area contributed by atoms with Gasteiger partial charge in [-0.15, -0.1) is 24.0 Å². The average Bonchev–Trinajstić information content (AvgIpc) is 2.86. The number of para-hydroxylation sites is 2. The van der Waals surface area contributed by atoms with Crippen molar-refractivity contribution in [2.45, 2.75) is 6.42 Å². The normalized spacial score (nSPS) is 17.6. The minimum atomic E-state index is 0. The first-order valence-electron chi connectivity index (χ1n) is 11.5. The van der Waals surface area contributed by atoms with Crippen LogP contribution in [0.1, 0.15) is 6.42 Å². The van der Waals surface area contributed by atoms with Gasteiger partial charge in [-0.05, 0) is 31.2 Å². The molecule has 1 aromatic heterocycles. The quantitative estimate of drug-likeness (QED) is 0.237. The third-order valence-electron chi connectivity index (χ3n) is 6.15. The molecule has 10 heteroatoms. The Morgan fingerprint density at radius 1 is 0.939 bits per heavy atom. The van der Waals surface area contributed by atoms with Crippen molar-refractivity contribution >= 4 is 41.6 Å². The van der Waals surface area contributed by atoms with Crippen molar-refractivity contribution in [3.8, 4) is 5.75 Å². The predicted octanol–water partition coefficient (Wildman–Crippen LogP) is 1.71. The van der Waals surface area contributed by atoms with E-state index in [1.165, 1.54) is 0 Å². The molecule has 0 spiro atoms. The number of nitrogens with zero attached hydrogens (tertiary/aromatic N) is 7. The van der Waals surface area contributed by atoms with E-state index in [2.05, 4.69) is 39.9 Å². The zero-order valence-electron chi connectivity index (χ0n) is 19.3. The molecule has 0 radical (unpaired) electrons. The highest BCUT2D eigenvalue weighted by molar-refractivity contribution is 14.0. The maximum Gasteiger partial charge on any atom is 0.225 e. The number of hydrogen-bond acceptors (Lipinski definition) is 7. The number of aliphatic imine (C=N–C) groups is 1. The minimum absolute atomic E-state index is 0. The highest BCUT2D eigenvalue weighted by Gasteiger charge is 2.22. The SMILES string of the molecule is CN=C(NCCCN1CCN(c2ncccn2)CC1)N1CCN(c2ccccc2O)CC1.I. The van der Waals surface area contributed by atoms with Gasteiger partial charge >= 0.3 is 0 Å². The van der Waals surface area contributed by atoms with Gasteiger partial charge in [0.25, 0.3) is 0 Å². The van der Waals surface area contributed by atoms with Crippen molar-refractivity contribution in [1.29, 1.82) is 0 Å². The number of piperazine rings is 2. The number of rotatable bonds is 6. The van der Waals surface area contributed by atoms with Crippen LogP contribution in [0.3, 0.4) is 0 Å². The molecule has 3 heterocycles. The maximum absolute atomic E-state index is 10.1. The van der Waals surface area contributed by atoms with Gasteiger partial charge in [0, 0.05) is 78.3 Å². The maximum atomic E-state index is 10.1. The second-order valence-electron chi connectivity index (χ2n) is 8.17. The number of phenolic OH excluding ortho intramolecular Hbond substituents is 1. The zero-order valence-corrected chi connectivity index (χ0v) is 21.6. The molecule has 2 N–H and O–H groups in total. The molecule has 2 aromatic rings. The third-order valence-corrected chi connectivity index (χ3v) is 6.15. The van der Waals surface area contributed by atoms with E-state index in [9.17, 15) is 5.11 Å². The fourth-order valence-corrected chi connectivity index (χ4v) is 4.35. The molecule has 2 aliphatic rings. The van der Waals surface area contributed by atoms with E-state index in [-0.39, 0.29) is 24.0 Å². The highest BCUT2D eigenvalue weighted by Crippen LogP contribution is 2.27. The van der Waals surface area contributed by atoms with Crippen LogP contribution >= 0.6 is 24.0 Å². The summed E-state index contributed by atoms with van der Waals surface area (Å²) in [6, 6.07) is 9.41. The Hall–Kier alpha value is -2.34. The Kier molecular flexibility index (Phi) is 9.79. The van der Waals surface area contributed by atoms with Crippen molar-refractivity contribution in [2.75, 3.05) is 82.3 Å². The van der Waals surface area contributed by atoms with Crippen LogP contribution in [0.2, 0.25) is 0 Å². The molecular weight excluding hydrogens is 531 g/mol. The predicted molar refractivity (Wildman–Crippen MR) is 144 cm³/mol. The molecule has 1 aromatic carbocycles. The topological polar surface area (TPSA) is 83.4 Å². The smallest absolute Gasteiger partial charge is 0.225 e. The van der Waals surface area contributed by atoms with Crippen LogP contribution in [0.25, 0.3) is 0 Å². The lowest BCUT2D eigenvalue weighted by Crippen LogP contribution is -2.53. The first-order valence-corrected chi connectivity index (χ1v) is 11.5. The first-order chi connectivity index (χ1) is 15.7. The van der Waals surface area contributed by atoms with E-state index in [0.717, 1.165) is 89.5 Å². The third kappa shape index (κ3) is 6.83. The average molecular weight is 566 g/mol. The van der Waals surface area contributed by atoms with Crippen LogP contribution < -0.4 is 15.1 Å². The summed E-state index contributed by atoms with van der Waals surface area (Å²) in [5.41, 5.74) is 0.911. The standard InChI is InChI=1S/C23H34N8O.HI/c1-24-22(30-18-16-29(17-19-30)20-6-2-3-7-21(20)32)25-10-5-11-28-12-14-31(15-13-28)23-26-8-4-9-27-23;/h2-4,6-9,32H,5,10-19H2,1H3,(H,24,25);1H. The molecule has 2 aliphatic heterocycles. The number of benzene rings is 1. The molecule has 2 saturated heterocycles. The van der Waals surface area contributed by atoms with E-state index in [4.69, 9.17) is 0 Å². The van der Waals surface area contributed by atoms with Crippen molar-refractivity contribution in [1.82, 2.24) is 25.1 Å². The van der Waals surface area contributed by atoms with E-state index < -0.39 is 0 Å². The highest BCUT2D eigenvalue weighted by atomic mass is 127. The van der Waals surface area contributed by atoms with E-state index in [0.29, 0.717) is 5.75 Å². The fraction of sp³-hybridized carbons (Fsp3) is 0.522. The summed E-state index contributed by atoms with van der Waals surface area (Å²) < 4.78 is 0. The van der Waals surface area contributed by atoms with Crippen molar-refractivity contribution < 1.29 is 5.11 Å². The van der Waals surface area contributed by atoms with Crippen molar-refractivity contribution in [2.24, 2.45) is 4.99 Å². The molecule has 9 nitrogen and oxygen atoms in total. The summed E-state index contributed by atoms with van der Waals surface area (Å²) in [6.07, 6.45) is 4.69. The molecule has 33 heavy (non-hydrogen) atoms. The number of hydrogen-bond donors (Lipinski definition) is 2. The molecule has 180 valence electrons. The van der Waals surface area contributed by atoms with Gasteiger partial charge < -0.3 is 25.1 Å². The van der Waals surface area contributed by atoms with Crippen LogP contribution in [-0.2, 0) is 0 Å². The van der Waals surface area contributed by atoms with Gasteiger partial charge in [-0.25, -0.2) is 9.97 Å². The summed E-state index contributed by atoms with van der Waals surface area (Å²) in [7, 11) is 1.85. The van der Waals surface area contributed by atoms with Crippen LogP contribution in [0.4, 0.5) is 11.6 Å². The van der Waals surface area contributed by atoms with Gasteiger partial charge in [0.05, 0.1) is 5.69 Å². The van der Waals surface area contributed by atoms with Crippen LogP contribution in [0.15, 0.2) is 47.7 Å². The Bertz CT molecular complexity index is 868. The van der Waals surface area contributed by atoms with Gasteiger partial charge in [0.1, 0.15) is 5.75 Å². The minimum Gasteiger partial charge on any atom is -0.506 e. The number of anilines is 2. The number of halogens is 1. The van der Waals surface area contributed by atoms with Crippen molar-refractivity contribution in [3.05, 3.63) is 42.7 Å². The first kappa shape index (κ1) is 25.3. The summed E-state index contributed by atoms with van der Waals surface area (Å²) in [4.78, 5) is 22.5. The molecule has 4 rings (SSSR count). The fourth-order valence-electron chi connectivity index (χ4n) is 4.35. The van der Waals surface area contributed by atoms with E-state index in [1.54, 1.807) is 18.5 Å². The van der Waals surface area contributed by atoms with E-state index in [1.807, 2.05) is 31.3 Å². The van der Waals surface area contributed by atoms with Crippen LogP contribution in [0.5, 0.6) is 5.75 Å². The van der Waals surface area contributed by atoms with Gasteiger partial charge in [-0.1, -0.05) is 12.1 Å². The molecule has 0 amide bonds.